The highest BCUT2D eigenvalue weighted by molar-refractivity contribution is 8.04. The molecule has 2 aromatic carbocycles. The van der Waals surface area contributed by atoms with Gasteiger partial charge in [0.2, 0.25) is 0 Å². The number of nitriles is 1. The van der Waals surface area contributed by atoms with Gasteiger partial charge in [-0.1, -0.05) is 30.3 Å². The van der Waals surface area contributed by atoms with E-state index in [9.17, 15) is 13.2 Å². The second-order valence-electron chi connectivity index (χ2n) is 4.65. The molecule has 110 valence electrons. The lowest BCUT2D eigenvalue weighted by Crippen LogP contribution is -2.04. The van der Waals surface area contributed by atoms with Gasteiger partial charge in [0.15, 0.2) is 0 Å². The predicted octanol–water partition coefficient (Wildman–Crippen LogP) is 5.43. The van der Waals surface area contributed by atoms with Crippen molar-refractivity contribution >= 4 is 22.7 Å². The molecule has 0 amide bonds. The standard InChI is InChI=1S/C16H9F3N2S/c17-16(18,19)11-5-3-4-10(8-11)14-15(22-9-20)12-6-1-2-7-13(12)21-14/h1-8,21H. The first-order chi connectivity index (χ1) is 10.5. The molecule has 0 spiro atoms. The van der Waals surface area contributed by atoms with E-state index in [0.29, 0.717) is 16.2 Å². The summed E-state index contributed by atoms with van der Waals surface area (Å²) in [5.41, 5.74) is 1.01. The zero-order valence-corrected chi connectivity index (χ0v) is 11.9. The number of halogens is 3. The Morgan fingerprint density at radius 2 is 1.82 bits per heavy atom. The van der Waals surface area contributed by atoms with Crippen molar-refractivity contribution in [1.29, 1.82) is 5.26 Å². The highest BCUT2D eigenvalue weighted by Crippen LogP contribution is 2.39. The van der Waals surface area contributed by atoms with Crippen LogP contribution in [0.2, 0.25) is 0 Å². The van der Waals surface area contributed by atoms with Gasteiger partial charge in [-0.3, -0.25) is 0 Å². The molecular formula is C16H9F3N2S. The average Bonchev–Trinajstić information content (AvgIpc) is 2.86. The third kappa shape index (κ3) is 2.55. The molecule has 0 unspecified atom stereocenters. The molecule has 6 heteroatoms. The van der Waals surface area contributed by atoms with Crippen molar-refractivity contribution in [2.75, 3.05) is 0 Å². The molecule has 0 radical (unpaired) electrons. The van der Waals surface area contributed by atoms with Crippen molar-refractivity contribution in [3.8, 4) is 16.7 Å². The Morgan fingerprint density at radius 3 is 2.55 bits per heavy atom. The number of thiocyanates is 1. The molecule has 3 rings (SSSR count). The van der Waals surface area contributed by atoms with E-state index in [4.69, 9.17) is 5.26 Å². The Balaban J connectivity index is 2.22. The molecule has 0 saturated carbocycles. The van der Waals surface area contributed by atoms with E-state index < -0.39 is 11.7 Å². The summed E-state index contributed by atoms with van der Waals surface area (Å²) >= 11 is 0.939. The van der Waals surface area contributed by atoms with Gasteiger partial charge in [-0.2, -0.15) is 18.4 Å². The normalized spacial score (nSPS) is 11.5. The van der Waals surface area contributed by atoms with E-state index in [2.05, 4.69) is 4.98 Å². The van der Waals surface area contributed by atoms with E-state index in [-0.39, 0.29) is 0 Å². The Morgan fingerprint density at radius 1 is 1.05 bits per heavy atom. The van der Waals surface area contributed by atoms with Crippen molar-refractivity contribution in [3.05, 3.63) is 54.1 Å². The SMILES string of the molecule is N#CSc1c(-c2cccc(C(F)(F)F)c2)[nH]c2ccccc12. The first kappa shape index (κ1) is 14.5. The summed E-state index contributed by atoms with van der Waals surface area (Å²) in [6, 6.07) is 12.4. The van der Waals surface area contributed by atoms with Gasteiger partial charge in [-0.25, -0.2) is 0 Å². The molecule has 1 heterocycles. The topological polar surface area (TPSA) is 39.6 Å². The zero-order valence-electron chi connectivity index (χ0n) is 11.1. The summed E-state index contributed by atoms with van der Waals surface area (Å²) < 4.78 is 38.6. The number of aromatic nitrogens is 1. The lowest BCUT2D eigenvalue weighted by atomic mass is 10.1. The van der Waals surface area contributed by atoms with Crippen LogP contribution in [0, 0.1) is 10.7 Å². The van der Waals surface area contributed by atoms with Crippen molar-refractivity contribution in [3.63, 3.8) is 0 Å². The minimum absolute atomic E-state index is 0.406. The summed E-state index contributed by atoms with van der Waals surface area (Å²) in [5, 5.41) is 11.8. The molecule has 0 bridgehead atoms. The Hall–Kier alpha value is -2.39. The molecule has 1 aromatic heterocycles. The number of hydrogen-bond donors (Lipinski definition) is 1. The van der Waals surface area contributed by atoms with Crippen LogP contribution in [0.25, 0.3) is 22.2 Å². The first-order valence-corrected chi connectivity index (χ1v) is 7.16. The van der Waals surface area contributed by atoms with Crippen molar-refractivity contribution in [1.82, 2.24) is 4.98 Å². The number of thioether (sulfide) groups is 1. The van der Waals surface area contributed by atoms with E-state index in [1.165, 1.54) is 6.07 Å². The molecule has 1 N–H and O–H groups in total. The fourth-order valence-corrected chi connectivity index (χ4v) is 2.97. The van der Waals surface area contributed by atoms with Crippen LogP contribution < -0.4 is 0 Å². The van der Waals surface area contributed by atoms with Crippen LogP contribution in [0.15, 0.2) is 53.4 Å². The monoisotopic (exact) mass is 318 g/mol. The van der Waals surface area contributed by atoms with Crippen LogP contribution in [0.4, 0.5) is 13.2 Å². The number of rotatable bonds is 2. The van der Waals surface area contributed by atoms with Crippen LogP contribution in [0.3, 0.4) is 0 Å². The molecule has 0 aliphatic carbocycles. The third-order valence-electron chi connectivity index (χ3n) is 3.28. The smallest absolute Gasteiger partial charge is 0.354 e. The van der Waals surface area contributed by atoms with Crippen LogP contribution in [-0.4, -0.2) is 4.98 Å². The molecule has 0 aliphatic rings. The molecule has 0 saturated heterocycles. The summed E-state index contributed by atoms with van der Waals surface area (Å²) in [4.78, 5) is 3.74. The second kappa shape index (κ2) is 5.43. The maximum absolute atomic E-state index is 12.9. The average molecular weight is 318 g/mol. The van der Waals surface area contributed by atoms with Crippen LogP contribution >= 0.6 is 11.8 Å². The molecular weight excluding hydrogens is 309 g/mol. The van der Waals surface area contributed by atoms with Gasteiger partial charge >= 0.3 is 6.18 Å². The van der Waals surface area contributed by atoms with Crippen molar-refractivity contribution in [2.24, 2.45) is 0 Å². The van der Waals surface area contributed by atoms with Gasteiger partial charge in [-0.05, 0) is 35.5 Å². The largest absolute Gasteiger partial charge is 0.416 e. The minimum Gasteiger partial charge on any atom is -0.354 e. The molecule has 0 atom stereocenters. The second-order valence-corrected chi connectivity index (χ2v) is 5.44. The fraction of sp³-hybridized carbons (Fsp3) is 0.0625. The number of para-hydroxylation sites is 1. The first-order valence-electron chi connectivity index (χ1n) is 6.35. The Labute approximate surface area is 128 Å². The highest BCUT2D eigenvalue weighted by atomic mass is 32.2. The van der Waals surface area contributed by atoms with Crippen molar-refractivity contribution in [2.45, 2.75) is 11.1 Å². The number of alkyl halides is 3. The van der Waals surface area contributed by atoms with E-state index >= 15 is 0 Å². The maximum Gasteiger partial charge on any atom is 0.416 e. The molecule has 3 aromatic rings. The van der Waals surface area contributed by atoms with Gasteiger partial charge in [0, 0.05) is 10.9 Å². The zero-order chi connectivity index (χ0) is 15.7. The predicted molar refractivity (Wildman–Crippen MR) is 80.2 cm³/mol. The van der Waals surface area contributed by atoms with E-state index in [0.717, 1.165) is 34.8 Å². The van der Waals surface area contributed by atoms with Crippen LogP contribution in [-0.2, 0) is 6.18 Å². The quantitative estimate of drug-likeness (QED) is 0.506. The number of nitrogens with one attached hydrogen (secondary N) is 1. The molecule has 0 aliphatic heterocycles. The number of nitrogens with zero attached hydrogens (tertiary/aromatic N) is 1. The van der Waals surface area contributed by atoms with E-state index in [1.54, 1.807) is 6.07 Å². The minimum atomic E-state index is -4.40. The highest BCUT2D eigenvalue weighted by Gasteiger charge is 2.30. The summed E-state index contributed by atoms with van der Waals surface area (Å²) in [6.07, 6.45) is -4.40. The van der Waals surface area contributed by atoms with Crippen molar-refractivity contribution < 1.29 is 13.2 Å². The van der Waals surface area contributed by atoms with Gasteiger partial charge in [0.25, 0.3) is 0 Å². The van der Waals surface area contributed by atoms with Gasteiger partial charge < -0.3 is 4.98 Å². The summed E-state index contributed by atoms with van der Waals surface area (Å²) in [6.45, 7) is 0. The number of fused-ring (bicyclic) bond motifs is 1. The van der Waals surface area contributed by atoms with Gasteiger partial charge in [0.1, 0.15) is 5.40 Å². The van der Waals surface area contributed by atoms with Gasteiger partial charge in [-0.15, -0.1) is 0 Å². The number of hydrogen-bond acceptors (Lipinski definition) is 2. The Kier molecular flexibility index (Phi) is 3.59. The molecule has 22 heavy (non-hydrogen) atoms. The fourth-order valence-electron chi connectivity index (χ4n) is 2.32. The molecule has 2 nitrogen and oxygen atoms in total. The van der Waals surface area contributed by atoms with Crippen LogP contribution in [0.1, 0.15) is 5.56 Å². The van der Waals surface area contributed by atoms with Gasteiger partial charge in [0.05, 0.1) is 16.2 Å². The van der Waals surface area contributed by atoms with Crippen LogP contribution in [0.5, 0.6) is 0 Å². The number of H-pyrrole nitrogens is 1. The third-order valence-corrected chi connectivity index (χ3v) is 4.00. The summed E-state index contributed by atoms with van der Waals surface area (Å²) in [5.74, 6) is 0. The molecule has 0 fully saturated rings. The summed E-state index contributed by atoms with van der Waals surface area (Å²) in [7, 11) is 0. The maximum atomic E-state index is 12.9. The number of benzene rings is 2. The van der Waals surface area contributed by atoms with E-state index in [1.807, 2.05) is 29.7 Å². The number of aromatic amines is 1. The lowest BCUT2D eigenvalue weighted by Gasteiger charge is -2.08. The Bertz CT molecular complexity index is 875. The lowest BCUT2D eigenvalue weighted by molar-refractivity contribution is -0.137.